The number of nitrogens with zero attached hydrogens (tertiary/aromatic N) is 3. The van der Waals surface area contributed by atoms with Gasteiger partial charge in [-0.05, 0) is 19.1 Å². The number of aryl methyl sites for hydroxylation is 1. The zero-order valence-electron chi connectivity index (χ0n) is 6.73. The first-order chi connectivity index (χ1) is 5.83. The van der Waals surface area contributed by atoms with Crippen LogP contribution in [0.15, 0.2) is 18.2 Å². The highest BCUT2D eigenvalue weighted by atomic mass is 16.3. The highest BCUT2D eigenvalue weighted by Gasteiger charge is 2.03. The molecule has 0 aromatic carbocycles. The van der Waals surface area contributed by atoms with Crippen molar-refractivity contribution in [2.24, 2.45) is 0 Å². The molecule has 4 heteroatoms. The summed E-state index contributed by atoms with van der Waals surface area (Å²) < 4.78 is 1.65. The lowest BCUT2D eigenvalue weighted by molar-refractivity contribution is 0.273. The zero-order chi connectivity index (χ0) is 8.55. The molecule has 12 heavy (non-hydrogen) atoms. The van der Waals surface area contributed by atoms with E-state index in [4.69, 9.17) is 5.11 Å². The van der Waals surface area contributed by atoms with Crippen LogP contribution in [0.3, 0.4) is 0 Å². The van der Waals surface area contributed by atoms with Gasteiger partial charge in [0.05, 0.1) is 23.5 Å². The van der Waals surface area contributed by atoms with E-state index >= 15 is 0 Å². The molecule has 0 fully saturated rings. The van der Waals surface area contributed by atoms with Crippen LogP contribution in [0.25, 0.3) is 5.52 Å². The first-order valence-electron chi connectivity index (χ1n) is 3.73. The number of pyridine rings is 1. The van der Waals surface area contributed by atoms with Gasteiger partial charge in [0.1, 0.15) is 0 Å². The van der Waals surface area contributed by atoms with E-state index in [0.29, 0.717) is 0 Å². The van der Waals surface area contributed by atoms with Crippen molar-refractivity contribution in [2.45, 2.75) is 13.5 Å². The molecule has 0 atom stereocenters. The maximum Gasteiger partial charge on any atom is 0.0898 e. The lowest BCUT2D eigenvalue weighted by Gasteiger charge is -1.98. The van der Waals surface area contributed by atoms with Crippen molar-refractivity contribution in [1.82, 2.24) is 14.8 Å². The molecule has 0 unspecified atom stereocenters. The first kappa shape index (κ1) is 7.24. The SMILES string of the molecule is Cc1nnn2c(CO)cccc12. The van der Waals surface area contributed by atoms with Gasteiger partial charge in [-0.3, -0.25) is 0 Å². The number of aromatic nitrogens is 3. The third kappa shape index (κ3) is 0.887. The lowest BCUT2D eigenvalue weighted by atomic mass is 10.3. The average Bonchev–Trinajstić information content (AvgIpc) is 2.48. The van der Waals surface area contributed by atoms with Crippen LogP contribution in [0.5, 0.6) is 0 Å². The molecule has 0 saturated heterocycles. The summed E-state index contributed by atoms with van der Waals surface area (Å²) in [7, 11) is 0. The Morgan fingerprint density at radius 2 is 2.33 bits per heavy atom. The standard InChI is InChI=1S/C8H9N3O/c1-6-8-4-2-3-7(5-12)11(8)10-9-6/h2-4,12H,5H2,1H3. The quantitative estimate of drug-likeness (QED) is 0.667. The number of fused-ring (bicyclic) bond motifs is 1. The molecule has 0 saturated carbocycles. The molecule has 2 aromatic rings. The van der Waals surface area contributed by atoms with Gasteiger partial charge in [-0.25, -0.2) is 4.52 Å². The van der Waals surface area contributed by atoms with Gasteiger partial charge in [0.2, 0.25) is 0 Å². The Bertz CT molecular complexity index is 408. The predicted octanol–water partition coefficient (Wildman–Crippen LogP) is 0.530. The summed E-state index contributed by atoms with van der Waals surface area (Å²) in [5, 5.41) is 16.8. The Labute approximate surface area is 69.4 Å². The van der Waals surface area contributed by atoms with Crippen molar-refractivity contribution in [3.63, 3.8) is 0 Å². The number of aliphatic hydroxyl groups is 1. The molecule has 1 N–H and O–H groups in total. The summed E-state index contributed by atoms with van der Waals surface area (Å²) in [5.41, 5.74) is 2.58. The lowest BCUT2D eigenvalue weighted by Crippen LogP contribution is -1.97. The molecule has 0 aliphatic rings. The van der Waals surface area contributed by atoms with Gasteiger partial charge in [-0.15, -0.1) is 5.10 Å². The Hall–Kier alpha value is -1.42. The number of rotatable bonds is 1. The van der Waals surface area contributed by atoms with E-state index in [9.17, 15) is 0 Å². The molecule has 4 nitrogen and oxygen atoms in total. The minimum absolute atomic E-state index is 0.0138. The molecule has 2 aromatic heterocycles. The molecule has 0 aliphatic heterocycles. The van der Waals surface area contributed by atoms with Crippen molar-refractivity contribution in [1.29, 1.82) is 0 Å². The second-order valence-electron chi connectivity index (χ2n) is 2.65. The van der Waals surface area contributed by atoms with Crippen molar-refractivity contribution >= 4 is 5.52 Å². The normalized spacial score (nSPS) is 10.8. The Kier molecular flexibility index (Phi) is 1.55. The van der Waals surface area contributed by atoms with Crippen LogP contribution in [0.2, 0.25) is 0 Å². The van der Waals surface area contributed by atoms with Crippen LogP contribution in [0.1, 0.15) is 11.4 Å². The highest BCUT2D eigenvalue weighted by Crippen LogP contribution is 2.08. The van der Waals surface area contributed by atoms with E-state index in [1.165, 1.54) is 0 Å². The van der Waals surface area contributed by atoms with Crippen molar-refractivity contribution in [3.05, 3.63) is 29.6 Å². The second kappa shape index (κ2) is 2.57. The monoisotopic (exact) mass is 163 g/mol. The number of hydrogen-bond acceptors (Lipinski definition) is 3. The average molecular weight is 163 g/mol. The molecule has 0 amide bonds. The van der Waals surface area contributed by atoms with Crippen LogP contribution in [-0.2, 0) is 6.61 Å². The van der Waals surface area contributed by atoms with Crippen LogP contribution >= 0.6 is 0 Å². The smallest absolute Gasteiger partial charge is 0.0898 e. The molecule has 0 radical (unpaired) electrons. The molecule has 2 rings (SSSR count). The summed E-state index contributed by atoms with van der Waals surface area (Å²) in [6.45, 7) is 1.88. The van der Waals surface area contributed by atoms with E-state index in [0.717, 1.165) is 16.9 Å². The minimum atomic E-state index is -0.0138. The molecule has 0 aliphatic carbocycles. The fourth-order valence-corrected chi connectivity index (χ4v) is 1.21. The maximum absolute atomic E-state index is 8.96. The van der Waals surface area contributed by atoms with Crippen molar-refractivity contribution in [2.75, 3.05) is 0 Å². The van der Waals surface area contributed by atoms with Crippen molar-refractivity contribution < 1.29 is 5.11 Å². The van der Waals surface area contributed by atoms with E-state index in [-0.39, 0.29) is 6.61 Å². The summed E-state index contributed by atoms with van der Waals surface area (Å²) >= 11 is 0. The van der Waals surface area contributed by atoms with Gasteiger partial charge in [-0.2, -0.15) is 0 Å². The van der Waals surface area contributed by atoms with E-state index < -0.39 is 0 Å². The Balaban J connectivity index is 2.81. The van der Waals surface area contributed by atoms with Crippen molar-refractivity contribution in [3.8, 4) is 0 Å². The molecule has 0 spiro atoms. The first-order valence-corrected chi connectivity index (χ1v) is 3.73. The summed E-state index contributed by atoms with van der Waals surface area (Å²) in [6.07, 6.45) is 0. The summed E-state index contributed by atoms with van der Waals surface area (Å²) in [5.74, 6) is 0. The highest BCUT2D eigenvalue weighted by molar-refractivity contribution is 5.50. The van der Waals surface area contributed by atoms with E-state index in [2.05, 4.69) is 10.3 Å². The number of hydrogen-bond donors (Lipinski definition) is 1. The molecular weight excluding hydrogens is 154 g/mol. The van der Waals surface area contributed by atoms with Gasteiger partial charge in [0, 0.05) is 0 Å². The third-order valence-corrected chi connectivity index (χ3v) is 1.86. The summed E-state index contributed by atoms with van der Waals surface area (Å²) in [6, 6.07) is 5.63. The van der Waals surface area contributed by atoms with Crippen LogP contribution in [0, 0.1) is 6.92 Å². The molecule has 0 bridgehead atoms. The molecular formula is C8H9N3O. The number of aliphatic hydroxyl groups excluding tert-OH is 1. The van der Waals surface area contributed by atoms with Gasteiger partial charge < -0.3 is 5.11 Å². The third-order valence-electron chi connectivity index (χ3n) is 1.86. The molecule has 62 valence electrons. The fraction of sp³-hybridized carbons (Fsp3) is 0.250. The topological polar surface area (TPSA) is 50.4 Å². The van der Waals surface area contributed by atoms with Gasteiger partial charge in [0.15, 0.2) is 0 Å². The largest absolute Gasteiger partial charge is 0.390 e. The summed E-state index contributed by atoms with van der Waals surface area (Å²) in [4.78, 5) is 0. The zero-order valence-corrected chi connectivity index (χ0v) is 6.73. The minimum Gasteiger partial charge on any atom is -0.390 e. The molecule has 2 heterocycles. The van der Waals surface area contributed by atoms with Crippen LogP contribution in [0.4, 0.5) is 0 Å². The van der Waals surface area contributed by atoms with E-state index in [1.807, 2.05) is 25.1 Å². The predicted molar refractivity (Wildman–Crippen MR) is 43.6 cm³/mol. The van der Waals surface area contributed by atoms with Gasteiger partial charge in [0.25, 0.3) is 0 Å². The van der Waals surface area contributed by atoms with Crippen LogP contribution < -0.4 is 0 Å². The van der Waals surface area contributed by atoms with Gasteiger partial charge >= 0.3 is 0 Å². The Morgan fingerprint density at radius 3 is 3.08 bits per heavy atom. The second-order valence-corrected chi connectivity index (χ2v) is 2.65. The fourth-order valence-electron chi connectivity index (χ4n) is 1.21. The van der Waals surface area contributed by atoms with Crippen LogP contribution in [-0.4, -0.2) is 19.9 Å². The van der Waals surface area contributed by atoms with E-state index in [1.54, 1.807) is 4.52 Å². The maximum atomic E-state index is 8.96. The Morgan fingerprint density at radius 1 is 1.50 bits per heavy atom. The van der Waals surface area contributed by atoms with Gasteiger partial charge in [-0.1, -0.05) is 11.3 Å².